The van der Waals surface area contributed by atoms with Crippen molar-refractivity contribution in [3.8, 4) is 5.75 Å². The van der Waals surface area contributed by atoms with E-state index in [0.29, 0.717) is 18.0 Å². The molecule has 1 heterocycles. The maximum atomic E-state index is 12.9. The zero-order chi connectivity index (χ0) is 23.3. The van der Waals surface area contributed by atoms with E-state index >= 15 is 0 Å². The van der Waals surface area contributed by atoms with E-state index in [1.807, 2.05) is 6.07 Å². The highest BCUT2D eigenvalue weighted by Crippen LogP contribution is 2.29. The zero-order valence-corrected chi connectivity index (χ0v) is 20.8. The average Bonchev–Trinajstić information content (AvgIpc) is 2.79. The van der Waals surface area contributed by atoms with Crippen LogP contribution in [0.5, 0.6) is 5.75 Å². The highest BCUT2D eigenvalue weighted by Gasteiger charge is 2.23. The molecule has 0 spiro atoms. The smallest absolute Gasteiger partial charge is 0.340 e. The Hall–Kier alpha value is -2.14. The maximum absolute atomic E-state index is 12.9. The molecule has 2 aromatic rings. The minimum atomic E-state index is -3.65. The molecule has 1 saturated heterocycles. The Morgan fingerprint density at radius 2 is 1.75 bits per heavy atom. The van der Waals surface area contributed by atoms with E-state index < -0.39 is 15.8 Å². The first kappa shape index (κ1) is 24.5. The minimum Gasteiger partial charge on any atom is -0.497 e. The van der Waals surface area contributed by atoms with E-state index in [0.717, 1.165) is 36.2 Å². The molecule has 10 heteroatoms. The Bertz CT molecular complexity index is 1050. The first-order valence-electron chi connectivity index (χ1n) is 10.2. The molecule has 32 heavy (non-hydrogen) atoms. The third-order valence-corrected chi connectivity index (χ3v) is 7.41. The first-order valence-corrected chi connectivity index (χ1v) is 12.6. The molecule has 0 amide bonds. The molecule has 1 aliphatic heterocycles. The third kappa shape index (κ3) is 6.00. The van der Waals surface area contributed by atoms with Crippen LogP contribution in [0.15, 0.2) is 45.8 Å². The number of hydrogen-bond acceptors (Lipinski definition) is 8. The van der Waals surface area contributed by atoms with Crippen LogP contribution in [-0.2, 0) is 21.1 Å². The number of rotatable bonds is 8. The molecular weight excluding hydrogens is 498 g/mol. The van der Waals surface area contributed by atoms with Gasteiger partial charge in [-0.2, -0.15) is 0 Å². The van der Waals surface area contributed by atoms with Crippen LogP contribution in [0.3, 0.4) is 0 Å². The summed E-state index contributed by atoms with van der Waals surface area (Å²) in [5, 5.41) is 3.01. The lowest BCUT2D eigenvalue weighted by atomic mass is 10.1. The third-order valence-electron chi connectivity index (χ3n) is 5.44. The Kier molecular flexibility index (Phi) is 8.16. The number of benzene rings is 2. The number of nitrogens with one attached hydrogen (secondary N) is 1. The second-order valence-electron chi connectivity index (χ2n) is 7.67. The van der Waals surface area contributed by atoms with Crippen LogP contribution in [0.25, 0.3) is 0 Å². The molecule has 0 unspecified atom stereocenters. The molecular formula is C22H28BrN3O5S. The predicted molar refractivity (Wildman–Crippen MR) is 127 cm³/mol. The molecule has 8 nitrogen and oxygen atoms in total. The van der Waals surface area contributed by atoms with Gasteiger partial charge in [-0.05, 0) is 49.0 Å². The molecule has 0 radical (unpaired) electrons. The van der Waals surface area contributed by atoms with Crippen LogP contribution >= 0.6 is 15.9 Å². The lowest BCUT2D eigenvalue weighted by Gasteiger charge is -2.33. The SMILES string of the molecule is COC(=O)c1cc(Br)cc(CN2CCN(C)CC2)c1NCS(=O)(=O)c1ccc(OC)cc1. The monoisotopic (exact) mass is 525 g/mol. The van der Waals surface area contributed by atoms with Gasteiger partial charge in [0.05, 0.1) is 30.4 Å². The largest absolute Gasteiger partial charge is 0.497 e. The van der Waals surface area contributed by atoms with Gasteiger partial charge in [0.1, 0.15) is 11.6 Å². The molecule has 1 aliphatic rings. The van der Waals surface area contributed by atoms with E-state index in [4.69, 9.17) is 9.47 Å². The Balaban J connectivity index is 1.89. The summed E-state index contributed by atoms with van der Waals surface area (Å²) < 4.78 is 36.6. The average molecular weight is 526 g/mol. The topological polar surface area (TPSA) is 88.2 Å². The van der Waals surface area contributed by atoms with Crippen LogP contribution in [0.4, 0.5) is 5.69 Å². The molecule has 0 bridgehead atoms. The summed E-state index contributed by atoms with van der Waals surface area (Å²) in [7, 11) is 1.26. The number of nitrogens with zero attached hydrogens (tertiary/aromatic N) is 2. The van der Waals surface area contributed by atoms with Gasteiger partial charge < -0.3 is 19.7 Å². The molecule has 3 rings (SSSR count). The summed E-state index contributed by atoms with van der Waals surface area (Å²) >= 11 is 3.47. The molecule has 0 saturated carbocycles. The second-order valence-corrected chi connectivity index (χ2v) is 10.6. The van der Waals surface area contributed by atoms with Gasteiger partial charge in [-0.1, -0.05) is 15.9 Å². The van der Waals surface area contributed by atoms with Crippen LogP contribution in [-0.4, -0.2) is 77.5 Å². The van der Waals surface area contributed by atoms with E-state index in [2.05, 4.69) is 38.1 Å². The number of esters is 1. The van der Waals surface area contributed by atoms with Crippen LogP contribution < -0.4 is 10.1 Å². The molecule has 174 valence electrons. The van der Waals surface area contributed by atoms with Gasteiger partial charge in [-0.15, -0.1) is 0 Å². The lowest BCUT2D eigenvalue weighted by molar-refractivity contribution is 0.0601. The van der Waals surface area contributed by atoms with Crippen molar-refractivity contribution in [3.05, 3.63) is 52.0 Å². The van der Waals surface area contributed by atoms with Crippen molar-refractivity contribution in [3.63, 3.8) is 0 Å². The van der Waals surface area contributed by atoms with Gasteiger partial charge >= 0.3 is 5.97 Å². The summed E-state index contributed by atoms with van der Waals surface area (Å²) in [5.74, 6) is -0.316. The van der Waals surface area contributed by atoms with Crippen molar-refractivity contribution in [1.82, 2.24) is 9.80 Å². The van der Waals surface area contributed by atoms with Crippen LogP contribution in [0.2, 0.25) is 0 Å². The number of anilines is 1. The highest BCUT2D eigenvalue weighted by atomic mass is 79.9. The summed E-state index contributed by atoms with van der Waals surface area (Å²) in [4.78, 5) is 17.2. The zero-order valence-electron chi connectivity index (χ0n) is 18.4. The number of carbonyl (C=O) groups is 1. The van der Waals surface area contributed by atoms with Crippen molar-refractivity contribution in [2.24, 2.45) is 0 Å². The van der Waals surface area contributed by atoms with E-state index in [9.17, 15) is 13.2 Å². The molecule has 1 N–H and O–H groups in total. The van der Waals surface area contributed by atoms with Gasteiger partial charge in [0.25, 0.3) is 0 Å². The number of piperazine rings is 1. The van der Waals surface area contributed by atoms with Gasteiger partial charge in [0.2, 0.25) is 0 Å². The number of carbonyl (C=O) groups excluding carboxylic acids is 1. The summed E-state index contributed by atoms with van der Waals surface area (Å²) in [6.45, 7) is 4.27. The Labute approximate surface area is 197 Å². The number of methoxy groups -OCH3 is 2. The fourth-order valence-electron chi connectivity index (χ4n) is 3.55. The maximum Gasteiger partial charge on any atom is 0.340 e. The van der Waals surface area contributed by atoms with E-state index in [1.165, 1.54) is 26.4 Å². The number of likely N-dealkylation sites (N-methyl/N-ethyl adjacent to an activating group) is 1. The van der Waals surface area contributed by atoms with Gasteiger partial charge in [-0.3, -0.25) is 4.90 Å². The number of sulfone groups is 1. The number of hydrogen-bond donors (Lipinski definition) is 1. The fourth-order valence-corrected chi connectivity index (χ4v) is 5.11. The van der Waals surface area contributed by atoms with Crippen molar-refractivity contribution in [2.75, 3.05) is 58.6 Å². The number of halogens is 1. The minimum absolute atomic E-state index is 0.170. The summed E-state index contributed by atoms with van der Waals surface area (Å²) in [5.41, 5.74) is 1.58. The standard InChI is InChI=1S/C22H28BrN3O5S/c1-25-8-10-26(11-9-25)14-16-12-17(23)13-20(22(27)31-3)21(16)24-15-32(28,29)19-6-4-18(30-2)5-7-19/h4-7,12-13,24H,8-11,14-15H2,1-3H3. The van der Waals surface area contributed by atoms with Gasteiger partial charge in [-0.25, -0.2) is 13.2 Å². The molecule has 2 aromatic carbocycles. The summed E-state index contributed by atoms with van der Waals surface area (Å²) in [6.07, 6.45) is 0. The van der Waals surface area contributed by atoms with Gasteiger partial charge in [0.15, 0.2) is 9.84 Å². The second kappa shape index (κ2) is 10.7. The van der Waals surface area contributed by atoms with Crippen LogP contribution in [0, 0.1) is 0 Å². The van der Waals surface area contributed by atoms with Crippen molar-refractivity contribution < 1.29 is 22.7 Å². The molecule has 0 aromatic heterocycles. The number of ether oxygens (including phenoxy) is 2. The molecule has 1 fully saturated rings. The van der Waals surface area contributed by atoms with E-state index in [1.54, 1.807) is 18.2 Å². The first-order chi connectivity index (χ1) is 15.2. The van der Waals surface area contributed by atoms with Crippen molar-refractivity contribution >= 4 is 37.4 Å². The van der Waals surface area contributed by atoms with Crippen molar-refractivity contribution in [2.45, 2.75) is 11.4 Å². The van der Waals surface area contributed by atoms with E-state index in [-0.39, 0.29) is 16.3 Å². The lowest BCUT2D eigenvalue weighted by Crippen LogP contribution is -2.44. The predicted octanol–water partition coefficient (Wildman–Crippen LogP) is 2.84. The Morgan fingerprint density at radius 3 is 2.34 bits per heavy atom. The van der Waals surface area contributed by atoms with Crippen molar-refractivity contribution in [1.29, 1.82) is 0 Å². The molecule has 0 atom stereocenters. The Morgan fingerprint density at radius 1 is 1.09 bits per heavy atom. The normalized spacial score (nSPS) is 15.4. The molecule has 0 aliphatic carbocycles. The van der Waals surface area contributed by atoms with Gasteiger partial charge in [0, 0.05) is 37.2 Å². The highest BCUT2D eigenvalue weighted by molar-refractivity contribution is 9.10. The quantitative estimate of drug-likeness (QED) is 0.526. The summed E-state index contributed by atoms with van der Waals surface area (Å²) in [6, 6.07) is 9.76. The fraction of sp³-hybridized carbons (Fsp3) is 0.409. The van der Waals surface area contributed by atoms with Crippen LogP contribution in [0.1, 0.15) is 15.9 Å².